The second-order valence-electron chi connectivity index (χ2n) is 2.52. The minimum absolute atomic E-state index is 0.359. The van der Waals surface area contributed by atoms with Gasteiger partial charge in [-0.25, -0.2) is 4.79 Å². The first-order valence-corrected chi connectivity index (χ1v) is 6.92. The van der Waals surface area contributed by atoms with Gasteiger partial charge in [0.1, 0.15) is 0 Å². The van der Waals surface area contributed by atoms with Crippen molar-refractivity contribution in [2.75, 3.05) is 20.8 Å². The van der Waals surface area contributed by atoms with E-state index >= 15 is 0 Å². The third-order valence-corrected chi connectivity index (χ3v) is 1.12. The Kier molecular flexibility index (Phi) is 48.4. The standard InChI is InChI=1S/C6H6.C5H8O2.C2H6O.2C2H6/c1-2-4-6-5-3-1;1-3-5(6)7-4-2;1-3-2;2*1-2/h1-6H;3H,1,4H2,2H3;1-2H3;2*1-2H3. The van der Waals surface area contributed by atoms with Crippen molar-refractivity contribution in [1.82, 2.24) is 0 Å². The summed E-state index contributed by atoms with van der Waals surface area (Å²) in [5.41, 5.74) is 0. The zero-order chi connectivity index (χ0) is 16.6. The van der Waals surface area contributed by atoms with Crippen LogP contribution in [0.15, 0.2) is 49.1 Å². The lowest BCUT2D eigenvalue weighted by molar-refractivity contribution is -0.137. The Morgan fingerprint density at radius 2 is 1.20 bits per heavy atom. The molecule has 0 saturated heterocycles. The minimum Gasteiger partial charge on any atom is -0.463 e. The maximum absolute atomic E-state index is 10.1. The summed E-state index contributed by atoms with van der Waals surface area (Å²) in [7, 11) is 3.25. The molecule has 1 aromatic carbocycles. The van der Waals surface area contributed by atoms with Crippen molar-refractivity contribution in [2.24, 2.45) is 0 Å². The van der Waals surface area contributed by atoms with E-state index in [1.807, 2.05) is 64.1 Å². The summed E-state index contributed by atoms with van der Waals surface area (Å²) in [5.74, 6) is -0.359. The van der Waals surface area contributed by atoms with Crippen molar-refractivity contribution in [3.63, 3.8) is 0 Å². The molecular weight excluding hydrogens is 252 g/mol. The molecule has 0 aliphatic rings. The van der Waals surface area contributed by atoms with E-state index in [-0.39, 0.29) is 5.97 Å². The van der Waals surface area contributed by atoms with Gasteiger partial charge in [-0.05, 0) is 6.92 Å². The number of carbonyl (C=O) groups excluding carboxylic acids is 1. The first-order chi connectivity index (χ1) is 9.72. The lowest BCUT2D eigenvalue weighted by Gasteiger charge is -1.90. The highest BCUT2D eigenvalue weighted by molar-refractivity contribution is 5.81. The second-order valence-corrected chi connectivity index (χ2v) is 2.52. The van der Waals surface area contributed by atoms with Gasteiger partial charge >= 0.3 is 5.97 Å². The SMILES string of the molecule is C=CC(=O)OCC.CC.CC.COC.c1ccccc1. The number of hydrogen-bond donors (Lipinski definition) is 0. The van der Waals surface area contributed by atoms with Gasteiger partial charge in [-0.1, -0.05) is 70.7 Å². The van der Waals surface area contributed by atoms with Gasteiger partial charge < -0.3 is 9.47 Å². The van der Waals surface area contributed by atoms with E-state index in [1.54, 1.807) is 21.1 Å². The molecular formula is C17H32O3. The van der Waals surface area contributed by atoms with E-state index in [9.17, 15) is 4.79 Å². The van der Waals surface area contributed by atoms with Gasteiger partial charge in [-0.2, -0.15) is 0 Å². The summed E-state index contributed by atoms with van der Waals surface area (Å²) >= 11 is 0. The number of hydrogen-bond acceptors (Lipinski definition) is 3. The van der Waals surface area contributed by atoms with E-state index < -0.39 is 0 Å². The predicted octanol–water partition coefficient (Wildman–Crippen LogP) is 4.74. The molecule has 20 heavy (non-hydrogen) atoms. The fraction of sp³-hybridized carbons (Fsp3) is 0.471. The molecule has 0 N–H and O–H groups in total. The number of esters is 1. The fourth-order valence-electron chi connectivity index (χ4n) is 0.586. The molecule has 1 rings (SSSR count). The molecule has 118 valence electrons. The largest absolute Gasteiger partial charge is 0.463 e. The Labute approximate surface area is 125 Å². The molecule has 0 amide bonds. The maximum atomic E-state index is 10.1. The molecule has 0 spiro atoms. The van der Waals surface area contributed by atoms with Crippen molar-refractivity contribution >= 4 is 5.97 Å². The Hall–Kier alpha value is -1.61. The number of rotatable bonds is 2. The van der Waals surface area contributed by atoms with Crippen LogP contribution >= 0.6 is 0 Å². The van der Waals surface area contributed by atoms with Crippen molar-refractivity contribution in [2.45, 2.75) is 34.6 Å². The fourth-order valence-corrected chi connectivity index (χ4v) is 0.586. The van der Waals surface area contributed by atoms with E-state index in [0.717, 1.165) is 6.08 Å². The van der Waals surface area contributed by atoms with Crippen molar-refractivity contribution in [3.8, 4) is 0 Å². The van der Waals surface area contributed by atoms with Crippen LogP contribution in [0.3, 0.4) is 0 Å². The van der Waals surface area contributed by atoms with Crippen molar-refractivity contribution < 1.29 is 14.3 Å². The van der Waals surface area contributed by atoms with Crippen molar-refractivity contribution in [3.05, 3.63) is 49.1 Å². The third-order valence-electron chi connectivity index (χ3n) is 1.12. The van der Waals surface area contributed by atoms with E-state index in [0.29, 0.717) is 6.61 Å². The molecule has 0 fully saturated rings. The summed E-state index contributed by atoms with van der Waals surface area (Å²) in [4.78, 5) is 10.1. The van der Waals surface area contributed by atoms with Crippen LogP contribution in [-0.2, 0) is 14.3 Å². The molecule has 0 atom stereocenters. The highest BCUT2D eigenvalue weighted by Crippen LogP contribution is 1.79. The number of benzene rings is 1. The zero-order valence-corrected chi connectivity index (χ0v) is 14.2. The average Bonchev–Trinajstić information content (AvgIpc) is 2.54. The Bertz CT molecular complexity index is 219. The molecule has 0 saturated carbocycles. The van der Waals surface area contributed by atoms with Gasteiger partial charge in [0, 0.05) is 20.3 Å². The molecule has 0 aromatic heterocycles. The van der Waals surface area contributed by atoms with Gasteiger partial charge in [-0.15, -0.1) is 0 Å². The minimum atomic E-state index is -0.359. The first-order valence-electron chi connectivity index (χ1n) is 6.92. The van der Waals surface area contributed by atoms with Crippen LogP contribution < -0.4 is 0 Å². The maximum Gasteiger partial charge on any atom is 0.330 e. The molecule has 1 aromatic rings. The van der Waals surface area contributed by atoms with E-state index in [2.05, 4.69) is 16.1 Å². The summed E-state index contributed by atoms with van der Waals surface area (Å²) in [5, 5.41) is 0. The van der Waals surface area contributed by atoms with Crippen LogP contribution in [0.1, 0.15) is 34.6 Å². The van der Waals surface area contributed by atoms with Crippen LogP contribution in [0.5, 0.6) is 0 Å². The van der Waals surface area contributed by atoms with Crippen LogP contribution in [-0.4, -0.2) is 26.8 Å². The van der Waals surface area contributed by atoms with E-state index in [1.165, 1.54) is 0 Å². The summed E-state index contributed by atoms with van der Waals surface area (Å²) in [6.07, 6.45) is 1.14. The van der Waals surface area contributed by atoms with Gasteiger partial charge in [0.25, 0.3) is 0 Å². The van der Waals surface area contributed by atoms with Gasteiger partial charge in [0.2, 0.25) is 0 Å². The quantitative estimate of drug-likeness (QED) is 0.581. The smallest absolute Gasteiger partial charge is 0.330 e. The Balaban J connectivity index is -0.0000000895. The topological polar surface area (TPSA) is 35.5 Å². The monoisotopic (exact) mass is 284 g/mol. The molecule has 0 radical (unpaired) electrons. The predicted molar refractivity (Wildman–Crippen MR) is 88.9 cm³/mol. The number of ether oxygens (including phenoxy) is 2. The third kappa shape index (κ3) is 44.0. The summed E-state index contributed by atoms with van der Waals surface area (Å²) in [6, 6.07) is 12.0. The normalized spacial score (nSPS) is 6.55. The van der Waals surface area contributed by atoms with E-state index in [4.69, 9.17) is 0 Å². The molecule has 0 unspecified atom stereocenters. The summed E-state index contributed by atoms with van der Waals surface area (Å²) < 4.78 is 8.68. The molecule has 0 aliphatic heterocycles. The highest BCUT2D eigenvalue weighted by Gasteiger charge is 1.86. The van der Waals surface area contributed by atoms with Crippen molar-refractivity contribution in [1.29, 1.82) is 0 Å². The average molecular weight is 284 g/mol. The number of methoxy groups -OCH3 is 1. The van der Waals surface area contributed by atoms with Crippen LogP contribution in [0, 0.1) is 0 Å². The van der Waals surface area contributed by atoms with Crippen LogP contribution in [0.25, 0.3) is 0 Å². The highest BCUT2D eigenvalue weighted by atomic mass is 16.5. The number of carbonyl (C=O) groups is 1. The lowest BCUT2D eigenvalue weighted by Crippen LogP contribution is -1.97. The second kappa shape index (κ2) is 36.0. The van der Waals surface area contributed by atoms with Gasteiger partial charge in [0.15, 0.2) is 0 Å². The van der Waals surface area contributed by atoms with Gasteiger partial charge in [0.05, 0.1) is 6.61 Å². The van der Waals surface area contributed by atoms with Crippen LogP contribution in [0.2, 0.25) is 0 Å². The summed E-state index contributed by atoms with van der Waals surface area (Å²) in [6.45, 7) is 13.4. The molecule has 3 heteroatoms. The first kappa shape index (κ1) is 26.9. The molecule has 0 aliphatic carbocycles. The molecule has 0 bridgehead atoms. The molecule has 3 nitrogen and oxygen atoms in total. The Morgan fingerprint density at radius 3 is 1.30 bits per heavy atom. The Morgan fingerprint density at radius 1 is 0.950 bits per heavy atom. The van der Waals surface area contributed by atoms with Gasteiger partial charge in [-0.3, -0.25) is 0 Å². The van der Waals surface area contributed by atoms with Crippen LogP contribution in [0.4, 0.5) is 0 Å². The molecule has 0 heterocycles. The lowest BCUT2D eigenvalue weighted by atomic mass is 10.4. The zero-order valence-electron chi connectivity index (χ0n) is 14.2.